The minimum Gasteiger partial charge on any atom is -0.487 e. The number of aromatic nitrogens is 1. The maximum Gasteiger partial charge on any atom is 0.410 e. The molecule has 0 bridgehead atoms. The van der Waals surface area contributed by atoms with Crippen LogP contribution in [0.3, 0.4) is 0 Å². The van der Waals surface area contributed by atoms with E-state index in [1.54, 1.807) is 30.3 Å². The monoisotopic (exact) mass is 458 g/mol. The molecular formula is C23H23ClN2O6. The van der Waals surface area contributed by atoms with E-state index in [-0.39, 0.29) is 19.7 Å². The molecule has 3 rings (SSSR count). The van der Waals surface area contributed by atoms with Gasteiger partial charge in [-0.2, -0.15) is 0 Å². The van der Waals surface area contributed by atoms with E-state index in [4.69, 9.17) is 25.5 Å². The van der Waals surface area contributed by atoms with Crippen LogP contribution in [0.2, 0.25) is 5.02 Å². The van der Waals surface area contributed by atoms with E-state index in [1.165, 1.54) is 19.1 Å². The van der Waals surface area contributed by atoms with Gasteiger partial charge in [-0.3, -0.25) is 9.69 Å². The summed E-state index contributed by atoms with van der Waals surface area (Å²) >= 11 is 5.93. The molecule has 9 heteroatoms. The van der Waals surface area contributed by atoms with Crippen LogP contribution in [0, 0.1) is 6.92 Å². The molecule has 32 heavy (non-hydrogen) atoms. The number of ether oxygens (including phenoxy) is 3. The van der Waals surface area contributed by atoms with E-state index < -0.39 is 12.1 Å². The number of benzene rings is 2. The summed E-state index contributed by atoms with van der Waals surface area (Å²) in [5.41, 5.74) is 2.25. The zero-order valence-electron chi connectivity index (χ0n) is 18.0. The number of carbonyl (C=O) groups excluding carboxylic acids is 2. The van der Waals surface area contributed by atoms with Gasteiger partial charge in [0.1, 0.15) is 30.4 Å². The van der Waals surface area contributed by atoms with E-state index in [0.717, 1.165) is 11.1 Å². The van der Waals surface area contributed by atoms with Gasteiger partial charge < -0.3 is 18.6 Å². The molecule has 0 unspecified atom stereocenters. The number of carbonyl (C=O) groups is 2. The third kappa shape index (κ3) is 6.01. The third-order valence-electron chi connectivity index (χ3n) is 4.61. The van der Waals surface area contributed by atoms with Gasteiger partial charge in [0.2, 0.25) is 5.89 Å². The Bertz CT molecular complexity index is 1080. The molecule has 0 aliphatic rings. The van der Waals surface area contributed by atoms with Gasteiger partial charge in [-0.1, -0.05) is 23.7 Å². The number of nitrogens with zero attached hydrogens (tertiary/aromatic N) is 2. The minimum absolute atomic E-state index is 0.155. The molecule has 8 nitrogen and oxygen atoms in total. The zero-order chi connectivity index (χ0) is 23.1. The molecule has 2 aromatic carbocycles. The minimum atomic E-state index is -0.630. The topological polar surface area (TPSA) is 91.1 Å². The number of amides is 1. The van der Waals surface area contributed by atoms with Gasteiger partial charge in [0, 0.05) is 17.1 Å². The van der Waals surface area contributed by atoms with E-state index in [2.05, 4.69) is 9.72 Å². The molecule has 3 aromatic rings. The zero-order valence-corrected chi connectivity index (χ0v) is 18.7. The Kier molecular flexibility index (Phi) is 7.72. The van der Waals surface area contributed by atoms with Gasteiger partial charge in [0.15, 0.2) is 0 Å². The number of halogens is 1. The van der Waals surface area contributed by atoms with Crippen molar-refractivity contribution in [1.29, 1.82) is 0 Å². The van der Waals surface area contributed by atoms with Crippen molar-refractivity contribution in [1.82, 2.24) is 9.88 Å². The average Bonchev–Trinajstić information content (AvgIpc) is 3.17. The fourth-order valence-corrected chi connectivity index (χ4v) is 3.04. The van der Waals surface area contributed by atoms with Crippen LogP contribution in [0.4, 0.5) is 4.79 Å². The van der Waals surface area contributed by atoms with Gasteiger partial charge >= 0.3 is 12.1 Å². The number of oxazole rings is 1. The van der Waals surface area contributed by atoms with Crippen LogP contribution in [0.1, 0.15) is 17.0 Å². The highest BCUT2D eigenvalue weighted by molar-refractivity contribution is 6.30. The van der Waals surface area contributed by atoms with Crippen LogP contribution in [-0.4, -0.2) is 42.7 Å². The Labute approximate surface area is 190 Å². The second-order valence-electron chi connectivity index (χ2n) is 6.87. The first kappa shape index (κ1) is 23.1. The number of aryl methyl sites for hydroxylation is 1. The van der Waals surface area contributed by atoms with E-state index >= 15 is 0 Å². The van der Waals surface area contributed by atoms with Crippen molar-refractivity contribution in [2.45, 2.75) is 20.1 Å². The Morgan fingerprint density at radius 1 is 1.09 bits per heavy atom. The quantitative estimate of drug-likeness (QED) is 0.454. The summed E-state index contributed by atoms with van der Waals surface area (Å²) < 4.78 is 21.0. The highest BCUT2D eigenvalue weighted by Crippen LogP contribution is 2.24. The molecule has 0 radical (unpaired) electrons. The maximum absolute atomic E-state index is 12.0. The van der Waals surface area contributed by atoms with Gasteiger partial charge in [-0.15, -0.1) is 0 Å². The molecule has 0 spiro atoms. The van der Waals surface area contributed by atoms with Gasteiger partial charge in [0.25, 0.3) is 0 Å². The number of hydrogen-bond acceptors (Lipinski definition) is 7. The van der Waals surface area contributed by atoms with Crippen LogP contribution in [0.5, 0.6) is 5.75 Å². The van der Waals surface area contributed by atoms with Gasteiger partial charge in [0.05, 0.1) is 14.2 Å². The lowest BCUT2D eigenvalue weighted by molar-refractivity contribution is -0.141. The lowest BCUT2D eigenvalue weighted by atomic mass is 10.2. The Morgan fingerprint density at radius 3 is 2.53 bits per heavy atom. The predicted molar refractivity (Wildman–Crippen MR) is 117 cm³/mol. The molecule has 1 aromatic heterocycles. The summed E-state index contributed by atoms with van der Waals surface area (Å²) in [5.74, 6) is 1.19. The van der Waals surface area contributed by atoms with Crippen LogP contribution in [-0.2, 0) is 27.4 Å². The fourth-order valence-electron chi connectivity index (χ4n) is 2.92. The first-order valence-corrected chi connectivity index (χ1v) is 10.1. The standard InChI is InChI=1S/C23H23ClN2O6/c1-15-20(25-22(32-15)17-7-9-18(24)10-8-17)14-31-19-6-4-5-16(11-19)12-26(23(28)30-3)13-21(27)29-2/h4-11H,12-14H2,1-3H3. The van der Waals surface area contributed by atoms with Crippen molar-refractivity contribution >= 4 is 23.7 Å². The van der Waals surface area contributed by atoms with E-state index in [0.29, 0.717) is 28.1 Å². The molecule has 0 atom stereocenters. The third-order valence-corrected chi connectivity index (χ3v) is 4.86. The van der Waals surface area contributed by atoms with Crippen LogP contribution in [0.15, 0.2) is 52.9 Å². The normalized spacial score (nSPS) is 10.5. The second kappa shape index (κ2) is 10.7. The molecular weight excluding hydrogens is 436 g/mol. The highest BCUT2D eigenvalue weighted by atomic mass is 35.5. The van der Waals surface area contributed by atoms with Gasteiger partial charge in [-0.05, 0) is 48.9 Å². The molecule has 0 saturated heterocycles. The first-order valence-electron chi connectivity index (χ1n) is 9.73. The number of methoxy groups -OCH3 is 2. The molecule has 1 amide bonds. The van der Waals surface area contributed by atoms with Crippen LogP contribution >= 0.6 is 11.6 Å². The fraction of sp³-hybridized carbons (Fsp3) is 0.261. The molecule has 0 aliphatic heterocycles. The van der Waals surface area contributed by atoms with Crippen LogP contribution < -0.4 is 4.74 Å². The molecule has 1 heterocycles. The number of hydrogen-bond donors (Lipinski definition) is 0. The smallest absolute Gasteiger partial charge is 0.410 e. The number of esters is 1. The van der Waals surface area contributed by atoms with Crippen molar-refractivity contribution in [2.24, 2.45) is 0 Å². The largest absolute Gasteiger partial charge is 0.487 e. The summed E-state index contributed by atoms with van der Waals surface area (Å²) in [6, 6.07) is 14.4. The van der Waals surface area contributed by atoms with Crippen molar-refractivity contribution in [3.63, 3.8) is 0 Å². The van der Waals surface area contributed by atoms with Gasteiger partial charge in [-0.25, -0.2) is 9.78 Å². The molecule has 168 valence electrons. The maximum atomic E-state index is 12.0. The van der Waals surface area contributed by atoms with Crippen molar-refractivity contribution in [3.8, 4) is 17.2 Å². The van der Waals surface area contributed by atoms with Crippen molar-refractivity contribution in [3.05, 3.63) is 70.6 Å². The van der Waals surface area contributed by atoms with E-state index in [9.17, 15) is 9.59 Å². The lowest BCUT2D eigenvalue weighted by Gasteiger charge is -2.20. The summed E-state index contributed by atoms with van der Waals surface area (Å²) in [4.78, 5) is 29.3. The number of rotatable bonds is 8. The van der Waals surface area contributed by atoms with Crippen LogP contribution in [0.25, 0.3) is 11.5 Å². The highest BCUT2D eigenvalue weighted by Gasteiger charge is 2.19. The molecule has 0 aliphatic carbocycles. The second-order valence-corrected chi connectivity index (χ2v) is 7.30. The van der Waals surface area contributed by atoms with Crippen molar-refractivity contribution in [2.75, 3.05) is 20.8 Å². The Balaban J connectivity index is 1.68. The molecule has 0 saturated carbocycles. The Hall–Kier alpha value is -3.52. The van der Waals surface area contributed by atoms with E-state index in [1.807, 2.05) is 25.1 Å². The summed E-state index contributed by atoms with van der Waals surface area (Å²) in [5, 5.41) is 0.637. The Morgan fingerprint density at radius 2 is 1.84 bits per heavy atom. The summed E-state index contributed by atoms with van der Waals surface area (Å²) in [6.07, 6.45) is -0.630. The lowest BCUT2D eigenvalue weighted by Crippen LogP contribution is -2.35. The predicted octanol–water partition coefficient (Wildman–Crippen LogP) is 4.62. The van der Waals surface area contributed by atoms with Crippen molar-refractivity contribution < 1.29 is 28.2 Å². The first-order chi connectivity index (χ1) is 15.4. The molecule has 0 fully saturated rings. The summed E-state index contributed by atoms with van der Waals surface area (Å²) in [7, 11) is 2.52. The summed E-state index contributed by atoms with van der Waals surface area (Å²) in [6.45, 7) is 1.96. The molecule has 0 N–H and O–H groups in total. The SMILES string of the molecule is COC(=O)CN(Cc1cccc(OCc2nc(-c3ccc(Cl)cc3)oc2C)c1)C(=O)OC. The average molecular weight is 459 g/mol.